The lowest BCUT2D eigenvalue weighted by Crippen LogP contribution is -2.42. The van der Waals surface area contributed by atoms with Crippen LogP contribution in [0.25, 0.3) is 0 Å². The largest absolute Gasteiger partial charge is 0.394 e. The van der Waals surface area contributed by atoms with Crippen LogP contribution in [0.5, 0.6) is 0 Å². The molecule has 0 spiro atoms. The fourth-order valence-corrected chi connectivity index (χ4v) is 2.20. The molecule has 2 heterocycles. The van der Waals surface area contributed by atoms with Gasteiger partial charge < -0.3 is 10.0 Å². The summed E-state index contributed by atoms with van der Waals surface area (Å²) in [6.45, 7) is 1.06. The second kappa shape index (κ2) is 4.77. The number of aromatic nitrogens is 2. The molecular weight excluding hydrogens is 214 g/mol. The molecule has 15 heavy (non-hydrogen) atoms. The van der Waals surface area contributed by atoms with Crippen molar-refractivity contribution in [3.8, 4) is 0 Å². The van der Waals surface area contributed by atoms with Gasteiger partial charge in [-0.1, -0.05) is 11.6 Å². The van der Waals surface area contributed by atoms with Gasteiger partial charge in [0.25, 0.3) is 0 Å². The minimum absolute atomic E-state index is 0.145. The van der Waals surface area contributed by atoms with Gasteiger partial charge in [-0.3, -0.25) is 0 Å². The van der Waals surface area contributed by atoms with Crippen LogP contribution in [0.3, 0.4) is 0 Å². The Morgan fingerprint density at radius 2 is 2.40 bits per heavy atom. The summed E-state index contributed by atoms with van der Waals surface area (Å²) in [5.41, 5.74) is 0. The van der Waals surface area contributed by atoms with Crippen molar-refractivity contribution >= 4 is 17.4 Å². The van der Waals surface area contributed by atoms with E-state index >= 15 is 0 Å². The van der Waals surface area contributed by atoms with Gasteiger partial charge in [0.15, 0.2) is 5.82 Å². The van der Waals surface area contributed by atoms with Crippen LogP contribution in [-0.4, -0.2) is 34.3 Å². The SMILES string of the molecule is OCC1CCCCN1c1ncncc1Cl. The lowest BCUT2D eigenvalue weighted by molar-refractivity contribution is 0.239. The lowest BCUT2D eigenvalue weighted by Gasteiger charge is -2.35. The molecule has 1 atom stereocenters. The van der Waals surface area contributed by atoms with Gasteiger partial charge in [0.2, 0.25) is 0 Å². The number of nitrogens with zero attached hydrogens (tertiary/aromatic N) is 3. The van der Waals surface area contributed by atoms with E-state index in [1.807, 2.05) is 0 Å². The van der Waals surface area contributed by atoms with Gasteiger partial charge in [-0.15, -0.1) is 0 Å². The van der Waals surface area contributed by atoms with Crippen molar-refractivity contribution in [2.75, 3.05) is 18.1 Å². The quantitative estimate of drug-likeness (QED) is 0.832. The lowest BCUT2D eigenvalue weighted by atomic mass is 10.0. The van der Waals surface area contributed by atoms with E-state index in [1.165, 1.54) is 6.33 Å². The number of halogens is 1. The maximum absolute atomic E-state index is 9.29. The Hall–Kier alpha value is -0.870. The summed E-state index contributed by atoms with van der Waals surface area (Å²) in [6, 6.07) is 0.145. The van der Waals surface area contributed by atoms with Gasteiger partial charge in [-0.25, -0.2) is 9.97 Å². The van der Waals surface area contributed by atoms with Crippen LogP contribution < -0.4 is 4.90 Å². The summed E-state index contributed by atoms with van der Waals surface area (Å²) >= 11 is 6.03. The van der Waals surface area contributed by atoms with E-state index in [0.29, 0.717) is 5.02 Å². The third-order valence-electron chi connectivity index (χ3n) is 2.76. The van der Waals surface area contributed by atoms with Crippen LogP contribution in [-0.2, 0) is 0 Å². The Morgan fingerprint density at radius 1 is 1.53 bits per heavy atom. The van der Waals surface area contributed by atoms with Crippen molar-refractivity contribution in [1.82, 2.24) is 9.97 Å². The number of piperidine rings is 1. The van der Waals surface area contributed by atoms with Crippen LogP contribution in [0.15, 0.2) is 12.5 Å². The fourth-order valence-electron chi connectivity index (χ4n) is 1.99. The highest BCUT2D eigenvalue weighted by Crippen LogP contribution is 2.27. The van der Waals surface area contributed by atoms with E-state index in [-0.39, 0.29) is 12.6 Å². The van der Waals surface area contributed by atoms with Crippen LogP contribution in [0.2, 0.25) is 5.02 Å². The number of hydrogen-bond acceptors (Lipinski definition) is 4. The zero-order valence-corrected chi connectivity index (χ0v) is 9.19. The Balaban J connectivity index is 2.24. The molecule has 1 N–H and O–H groups in total. The molecule has 1 unspecified atom stereocenters. The van der Waals surface area contributed by atoms with Gasteiger partial charge in [0.05, 0.1) is 18.8 Å². The normalized spacial score (nSPS) is 21.7. The van der Waals surface area contributed by atoms with Crippen molar-refractivity contribution < 1.29 is 5.11 Å². The average Bonchev–Trinajstić information content (AvgIpc) is 2.30. The molecule has 0 amide bonds. The summed E-state index contributed by atoms with van der Waals surface area (Å²) in [7, 11) is 0. The number of aliphatic hydroxyl groups excluding tert-OH is 1. The summed E-state index contributed by atoms with van der Waals surface area (Å²) in [4.78, 5) is 10.1. The molecule has 0 saturated carbocycles. The highest BCUT2D eigenvalue weighted by molar-refractivity contribution is 6.32. The smallest absolute Gasteiger partial charge is 0.151 e. The highest BCUT2D eigenvalue weighted by atomic mass is 35.5. The molecule has 0 radical (unpaired) electrons. The topological polar surface area (TPSA) is 49.2 Å². The minimum Gasteiger partial charge on any atom is -0.394 e. The van der Waals surface area contributed by atoms with Crippen LogP contribution in [0.1, 0.15) is 19.3 Å². The van der Waals surface area contributed by atoms with E-state index in [4.69, 9.17) is 11.6 Å². The fraction of sp³-hybridized carbons (Fsp3) is 0.600. The molecule has 1 aromatic rings. The van der Waals surface area contributed by atoms with Crippen molar-refractivity contribution in [2.24, 2.45) is 0 Å². The molecule has 0 bridgehead atoms. The Morgan fingerprint density at radius 3 is 3.13 bits per heavy atom. The molecule has 4 nitrogen and oxygen atoms in total. The van der Waals surface area contributed by atoms with Gasteiger partial charge >= 0.3 is 0 Å². The molecule has 1 saturated heterocycles. The van der Waals surface area contributed by atoms with Gasteiger partial charge in [-0.2, -0.15) is 0 Å². The number of anilines is 1. The zero-order valence-electron chi connectivity index (χ0n) is 8.43. The molecule has 2 rings (SSSR count). The zero-order chi connectivity index (χ0) is 10.7. The summed E-state index contributed by atoms with van der Waals surface area (Å²) < 4.78 is 0. The molecule has 1 aromatic heterocycles. The van der Waals surface area contributed by atoms with Crippen molar-refractivity contribution in [3.05, 3.63) is 17.5 Å². The molecule has 82 valence electrons. The summed E-state index contributed by atoms with van der Waals surface area (Å²) in [5.74, 6) is 0.741. The second-order valence-electron chi connectivity index (χ2n) is 3.72. The van der Waals surface area contributed by atoms with Crippen molar-refractivity contribution in [3.63, 3.8) is 0 Å². The van der Waals surface area contributed by atoms with Crippen LogP contribution >= 0.6 is 11.6 Å². The molecule has 5 heteroatoms. The Bertz CT molecular complexity index is 334. The van der Waals surface area contributed by atoms with Gasteiger partial charge in [0.1, 0.15) is 11.3 Å². The Kier molecular flexibility index (Phi) is 3.38. The predicted molar refractivity (Wildman–Crippen MR) is 59.1 cm³/mol. The maximum atomic E-state index is 9.29. The first-order valence-corrected chi connectivity index (χ1v) is 5.53. The third-order valence-corrected chi connectivity index (χ3v) is 3.02. The standard InChI is InChI=1S/C10H14ClN3O/c11-9-5-12-7-13-10(9)14-4-2-1-3-8(14)6-15/h5,7-8,15H,1-4,6H2. The monoisotopic (exact) mass is 227 g/mol. The Labute approximate surface area is 93.9 Å². The van der Waals surface area contributed by atoms with Gasteiger partial charge in [-0.05, 0) is 19.3 Å². The van der Waals surface area contributed by atoms with Gasteiger partial charge in [0, 0.05) is 6.54 Å². The van der Waals surface area contributed by atoms with Crippen molar-refractivity contribution in [1.29, 1.82) is 0 Å². The first kappa shape index (κ1) is 10.6. The molecule has 0 aliphatic carbocycles. The first-order valence-electron chi connectivity index (χ1n) is 5.16. The first-order chi connectivity index (χ1) is 7.33. The highest BCUT2D eigenvalue weighted by Gasteiger charge is 2.24. The summed E-state index contributed by atoms with van der Waals surface area (Å²) in [5, 5.41) is 9.84. The van der Waals surface area contributed by atoms with E-state index in [2.05, 4.69) is 14.9 Å². The van der Waals surface area contributed by atoms with E-state index in [0.717, 1.165) is 31.6 Å². The predicted octanol–water partition coefficient (Wildman–Crippen LogP) is 1.48. The number of aliphatic hydroxyl groups is 1. The van der Waals surface area contributed by atoms with Crippen molar-refractivity contribution in [2.45, 2.75) is 25.3 Å². The minimum atomic E-state index is 0.145. The number of rotatable bonds is 2. The maximum Gasteiger partial charge on any atom is 0.151 e. The van der Waals surface area contributed by atoms with E-state index in [9.17, 15) is 5.11 Å². The van der Waals surface area contributed by atoms with E-state index < -0.39 is 0 Å². The molecule has 1 fully saturated rings. The van der Waals surface area contributed by atoms with Crippen LogP contribution in [0, 0.1) is 0 Å². The second-order valence-corrected chi connectivity index (χ2v) is 4.13. The van der Waals surface area contributed by atoms with E-state index in [1.54, 1.807) is 6.20 Å². The number of hydrogen-bond donors (Lipinski definition) is 1. The average molecular weight is 228 g/mol. The third kappa shape index (κ3) is 2.21. The molecule has 1 aliphatic heterocycles. The molecule has 1 aliphatic rings. The molecule has 0 aromatic carbocycles. The van der Waals surface area contributed by atoms with Crippen LogP contribution in [0.4, 0.5) is 5.82 Å². The molecular formula is C10H14ClN3O. The summed E-state index contributed by atoms with van der Waals surface area (Å²) in [6.07, 6.45) is 6.36.